The summed E-state index contributed by atoms with van der Waals surface area (Å²) in [4.78, 5) is 2.50. The Morgan fingerprint density at radius 3 is 2.59 bits per heavy atom. The van der Waals surface area contributed by atoms with Gasteiger partial charge in [0, 0.05) is 31.3 Å². The molecule has 1 aliphatic rings. The molecule has 4 nitrogen and oxygen atoms in total. The second-order valence-corrected chi connectivity index (χ2v) is 6.22. The number of rotatable bonds is 7. The summed E-state index contributed by atoms with van der Waals surface area (Å²) >= 11 is 0. The molecule has 0 aromatic heterocycles. The molecule has 1 saturated heterocycles. The van der Waals surface area contributed by atoms with Crippen LogP contribution in [0.25, 0.3) is 0 Å². The number of halogens is 1. The van der Waals surface area contributed by atoms with Crippen LogP contribution in [0.2, 0.25) is 0 Å². The molecule has 2 rings (SSSR count). The van der Waals surface area contributed by atoms with Gasteiger partial charge in [0.1, 0.15) is 11.5 Å². The molecule has 22 heavy (non-hydrogen) atoms. The molecule has 0 spiro atoms. The van der Waals surface area contributed by atoms with E-state index in [9.17, 15) is 0 Å². The van der Waals surface area contributed by atoms with Crippen molar-refractivity contribution >= 4 is 12.4 Å². The number of nitrogens with zero attached hydrogens (tertiary/aromatic N) is 1. The molecule has 0 radical (unpaired) electrons. The molecule has 126 valence electrons. The van der Waals surface area contributed by atoms with Crippen molar-refractivity contribution < 1.29 is 9.47 Å². The van der Waals surface area contributed by atoms with E-state index in [4.69, 9.17) is 9.47 Å². The summed E-state index contributed by atoms with van der Waals surface area (Å²) in [6.07, 6.45) is 1.25. The molecular weight excluding hydrogens is 300 g/mol. The van der Waals surface area contributed by atoms with Gasteiger partial charge in [-0.15, -0.1) is 12.4 Å². The Bertz CT molecular complexity index is 462. The molecule has 1 fully saturated rings. The fourth-order valence-corrected chi connectivity index (χ4v) is 3.05. The van der Waals surface area contributed by atoms with Crippen molar-refractivity contribution in [2.45, 2.75) is 26.8 Å². The van der Waals surface area contributed by atoms with Gasteiger partial charge in [-0.25, -0.2) is 0 Å². The first kappa shape index (κ1) is 19.1. The Labute approximate surface area is 140 Å². The summed E-state index contributed by atoms with van der Waals surface area (Å²) in [7, 11) is 3.40. The smallest absolute Gasteiger partial charge is 0.127 e. The van der Waals surface area contributed by atoms with E-state index < -0.39 is 0 Å². The predicted octanol–water partition coefficient (Wildman–Crippen LogP) is 2.95. The van der Waals surface area contributed by atoms with Crippen LogP contribution in [-0.2, 0) is 6.54 Å². The van der Waals surface area contributed by atoms with Gasteiger partial charge in [-0.05, 0) is 31.0 Å². The predicted molar refractivity (Wildman–Crippen MR) is 93.3 cm³/mol. The molecule has 0 saturated carbocycles. The zero-order chi connectivity index (χ0) is 15.3. The van der Waals surface area contributed by atoms with Gasteiger partial charge < -0.3 is 14.8 Å². The average Bonchev–Trinajstić information content (AvgIpc) is 2.93. The monoisotopic (exact) mass is 328 g/mol. The van der Waals surface area contributed by atoms with Crippen LogP contribution in [-0.4, -0.2) is 45.3 Å². The van der Waals surface area contributed by atoms with Crippen LogP contribution in [0, 0.1) is 5.41 Å². The minimum Gasteiger partial charge on any atom is -0.497 e. The number of hydrogen-bond donors (Lipinski definition) is 1. The molecule has 1 aliphatic heterocycles. The lowest BCUT2D eigenvalue weighted by Gasteiger charge is -2.31. The van der Waals surface area contributed by atoms with Crippen LogP contribution in [0.3, 0.4) is 0 Å². The van der Waals surface area contributed by atoms with Gasteiger partial charge >= 0.3 is 0 Å². The molecule has 1 heterocycles. The van der Waals surface area contributed by atoms with Crippen LogP contribution in [0.5, 0.6) is 11.5 Å². The quantitative estimate of drug-likeness (QED) is 0.834. The van der Waals surface area contributed by atoms with Gasteiger partial charge in [0.15, 0.2) is 0 Å². The topological polar surface area (TPSA) is 33.7 Å². The van der Waals surface area contributed by atoms with Crippen molar-refractivity contribution in [2.75, 3.05) is 40.4 Å². The molecule has 1 N–H and O–H groups in total. The van der Waals surface area contributed by atoms with E-state index in [1.54, 1.807) is 14.2 Å². The lowest BCUT2D eigenvalue weighted by molar-refractivity contribution is 0.176. The third-order valence-corrected chi connectivity index (χ3v) is 4.40. The van der Waals surface area contributed by atoms with Crippen molar-refractivity contribution in [1.29, 1.82) is 0 Å². The number of methoxy groups -OCH3 is 2. The Morgan fingerprint density at radius 2 is 2.05 bits per heavy atom. The van der Waals surface area contributed by atoms with E-state index in [-0.39, 0.29) is 12.4 Å². The fraction of sp³-hybridized carbons (Fsp3) is 0.647. The maximum atomic E-state index is 5.51. The minimum absolute atomic E-state index is 0. The first-order chi connectivity index (χ1) is 10.1. The second-order valence-electron chi connectivity index (χ2n) is 6.22. The number of ether oxygens (including phenoxy) is 2. The fourth-order valence-electron chi connectivity index (χ4n) is 3.05. The Hall–Kier alpha value is -0.970. The van der Waals surface area contributed by atoms with E-state index in [0.29, 0.717) is 5.41 Å². The Balaban J connectivity index is 0.00000242. The van der Waals surface area contributed by atoms with Gasteiger partial charge in [-0.3, -0.25) is 4.90 Å². The zero-order valence-electron chi connectivity index (χ0n) is 14.1. The van der Waals surface area contributed by atoms with Crippen molar-refractivity contribution in [1.82, 2.24) is 10.2 Å². The maximum Gasteiger partial charge on any atom is 0.127 e. The third-order valence-electron chi connectivity index (χ3n) is 4.40. The molecule has 1 aromatic carbocycles. The highest BCUT2D eigenvalue weighted by molar-refractivity contribution is 5.85. The highest BCUT2D eigenvalue weighted by Crippen LogP contribution is 2.29. The molecule has 1 unspecified atom stereocenters. The van der Waals surface area contributed by atoms with Crippen molar-refractivity contribution in [3.63, 3.8) is 0 Å². The minimum atomic E-state index is 0. The number of benzene rings is 1. The molecular formula is C17H29ClN2O2. The van der Waals surface area contributed by atoms with Gasteiger partial charge in [0.2, 0.25) is 0 Å². The lowest BCUT2D eigenvalue weighted by atomic mass is 9.89. The van der Waals surface area contributed by atoms with Crippen molar-refractivity contribution in [3.8, 4) is 11.5 Å². The lowest BCUT2D eigenvalue weighted by Crippen LogP contribution is -2.37. The van der Waals surface area contributed by atoms with E-state index >= 15 is 0 Å². The summed E-state index contributed by atoms with van der Waals surface area (Å²) < 4.78 is 10.8. The third kappa shape index (κ3) is 4.77. The van der Waals surface area contributed by atoms with Crippen LogP contribution < -0.4 is 14.8 Å². The van der Waals surface area contributed by atoms with Gasteiger partial charge in [0.05, 0.1) is 14.2 Å². The first-order valence-electron chi connectivity index (χ1n) is 7.74. The molecule has 0 amide bonds. The summed E-state index contributed by atoms with van der Waals surface area (Å²) in [5, 5.41) is 3.48. The highest BCUT2D eigenvalue weighted by Gasteiger charge is 2.30. The molecule has 0 aliphatic carbocycles. The zero-order valence-corrected chi connectivity index (χ0v) is 15.0. The summed E-state index contributed by atoms with van der Waals surface area (Å²) in [5.41, 5.74) is 1.60. The van der Waals surface area contributed by atoms with E-state index in [0.717, 1.165) is 44.2 Å². The molecule has 1 aromatic rings. The van der Waals surface area contributed by atoms with E-state index in [2.05, 4.69) is 30.1 Å². The molecule has 0 bridgehead atoms. The largest absolute Gasteiger partial charge is 0.497 e. The van der Waals surface area contributed by atoms with Crippen LogP contribution in [0.15, 0.2) is 18.2 Å². The maximum absolute atomic E-state index is 5.51. The molecule has 1 atom stereocenters. The SMILES string of the molecule is CCN(Cc1ccc(OC)cc1OC)CC1(C)CCNC1.Cl. The van der Waals surface area contributed by atoms with Gasteiger partial charge in [-0.2, -0.15) is 0 Å². The standard InChI is InChI=1S/C17H28N2O2.ClH/c1-5-19(13-17(2)8-9-18-12-17)11-14-6-7-15(20-3)10-16(14)21-4;/h6-7,10,18H,5,8-9,11-13H2,1-4H3;1H. The summed E-state index contributed by atoms with van der Waals surface area (Å²) in [5.74, 6) is 1.74. The van der Waals surface area contributed by atoms with Crippen LogP contribution >= 0.6 is 12.4 Å². The van der Waals surface area contributed by atoms with E-state index in [1.165, 1.54) is 12.0 Å². The van der Waals surface area contributed by atoms with E-state index in [1.807, 2.05) is 12.1 Å². The van der Waals surface area contributed by atoms with Crippen molar-refractivity contribution in [2.24, 2.45) is 5.41 Å². The van der Waals surface area contributed by atoms with Crippen molar-refractivity contribution in [3.05, 3.63) is 23.8 Å². The van der Waals surface area contributed by atoms with Crippen LogP contribution in [0.1, 0.15) is 25.8 Å². The average molecular weight is 329 g/mol. The summed E-state index contributed by atoms with van der Waals surface area (Å²) in [6, 6.07) is 6.07. The first-order valence-corrected chi connectivity index (χ1v) is 7.74. The normalized spacial score (nSPS) is 20.8. The van der Waals surface area contributed by atoms with Gasteiger partial charge in [0.25, 0.3) is 0 Å². The highest BCUT2D eigenvalue weighted by atomic mass is 35.5. The second kappa shape index (κ2) is 8.61. The molecule has 5 heteroatoms. The Kier molecular flexibility index (Phi) is 7.46. The Morgan fingerprint density at radius 1 is 1.27 bits per heavy atom. The summed E-state index contributed by atoms with van der Waals surface area (Å²) in [6.45, 7) is 9.93. The van der Waals surface area contributed by atoms with Crippen LogP contribution in [0.4, 0.5) is 0 Å². The van der Waals surface area contributed by atoms with Gasteiger partial charge in [-0.1, -0.05) is 19.9 Å². The number of nitrogens with one attached hydrogen (secondary N) is 1. The number of hydrogen-bond acceptors (Lipinski definition) is 4.